The number of anilines is 1. The molecule has 5 nitrogen and oxygen atoms in total. The van der Waals surface area contributed by atoms with Crippen LogP contribution in [0.3, 0.4) is 0 Å². The van der Waals surface area contributed by atoms with Gasteiger partial charge in [0.2, 0.25) is 0 Å². The van der Waals surface area contributed by atoms with Gasteiger partial charge in [-0.3, -0.25) is 4.79 Å². The number of carbonyl (C=O) groups excluding carboxylic acids is 1. The van der Waals surface area contributed by atoms with Crippen LogP contribution in [0.1, 0.15) is 37.6 Å². The molecular formula is C18H23FN2O3. The summed E-state index contributed by atoms with van der Waals surface area (Å²) >= 11 is 0. The van der Waals surface area contributed by atoms with E-state index in [1.165, 1.54) is 6.07 Å². The molecule has 1 atom stereocenters. The van der Waals surface area contributed by atoms with Crippen molar-refractivity contribution in [3.63, 3.8) is 0 Å². The summed E-state index contributed by atoms with van der Waals surface area (Å²) in [6.07, 6.45) is 2.19. The lowest BCUT2D eigenvalue weighted by atomic mass is 9.94. The predicted octanol–water partition coefficient (Wildman–Crippen LogP) is 2.04. The molecule has 0 spiro atoms. The third kappa shape index (κ3) is 4.68. The number of pyridine rings is 1. The molecule has 1 aliphatic rings. The zero-order valence-corrected chi connectivity index (χ0v) is 14.1. The second-order valence-corrected chi connectivity index (χ2v) is 5.85. The van der Waals surface area contributed by atoms with Crippen molar-refractivity contribution in [2.45, 2.75) is 33.1 Å². The summed E-state index contributed by atoms with van der Waals surface area (Å²) in [7, 11) is 0. The molecule has 1 aliphatic heterocycles. The minimum absolute atomic E-state index is 0.158. The van der Waals surface area contributed by atoms with Crippen LogP contribution in [-0.2, 0) is 9.53 Å². The van der Waals surface area contributed by atoms with E-state index >= 15 is 0 Å². The van der Waals surface area contributed by atoms with Crippen molar-refractivity contribution in [1.29, 1.82) is 0 Å². The lowest BCUT2D eigenvalue weighted by Crippen LogP contribution is -2.37. The van der Waals surface area contributed by atoms with E-state index in [2.05, 4.69) is 16.8 Å². The van der Waals surface area contributed by atoms with Gasteiger partial charge in [-0.2, -0.15) is 0 Å². The number of carbonyl (C=O) groups is 1. The standard InChI is InChI=1S/C18H23FN2O3/c1-3-24-17(23)10-14-6-4-8-21(12-14)18-13(2)20-15(7-5-9-22)11-16(18)19/h11,14,22H,3-4,6,8-10,12H2,1-2H3. The molecule has 0 saturated carbocycles. The summed E-state index contributed by atoms with van der Waals surface area (Å²) in [6, 6.07) is 1.29. The van der Waals surface area contributed by atoms with Crippen molar-refractivity contribution in [2.75, 3.05) is 31.2 Å². The van der Waals surface area contributed by atoms with Crippen LogP contribution in [0.2, 0.25) is 0 Å². The normalized spacial score (nSPS) is 17.2. The second-order valence-electron chi connectivity index (χ2n) is 5.85. The van der Waals surface area contributed by atoms with Gasteiger partial charge in [0.05, 0.1) is 24.4 Å². The van der Waals surface area contributed by atoms with E-state index in [0.29, 0.717) is 36.6 Å². The Bertz CT molecular complexity index is 628. The van der Waals surface area contributed by atoms with Gasteiger partial charge in [-0.15, -0.1) is 0 Å². The number of hydrogen-bond acceptors (Lipinski definition) is 5. The first kappa shape index (κ1) is 18.2. The molecule has 2 rings (SSSR count). The van der Waals surface area contributed by atoms with Crippen LogP contribution in [0.15, 0.2) is 6.07 Å². The molecule has 0 radical (unpaired) electrons. The third-order valence-corrected chi connectivity index (χ3v) is 4.01. The second kappa shape index (κ2) is 8.65. The van der Waals surface area contributed by atoms with Crippen LogP contribution in [0.25, 0.3) is 0 Å². The Morgan fingerprint density at radius 1 is 1.58 bits per heavy atom. The smallest absolute Gasteiger partial charge is 0.306 e. The lowest BCUT2D eigenvalue weighted by molar-refractivity contribution is -0.144. The summed E-state index contributed by atoms with van der Waals surface area (Å²) in [6.45, 7) is 4.98. The van der Waals surface area contributed by atoms with Crippen molar-refractivity contribution < 1.29 is 19.0 Å². The van der Waals surface area contributed by atoms with Crippen molar-refractivity contribution in [2.24, 2.45) is 5.92 Å². The average molecular weight is 334 g/mol. The fourth-order valence-electron chi connectivity index (χ4n) is 3.09. The maximum Gasteiger partial charge on any atom is 0.306 e. The Hall–Kier alpha value is -2.13. The Morgan fingerprint density at radius 3 is 3.04 bits per heavy atom. The first-order valence-corrected chi connectivity index (χ1v) is 8.22. The Morgan fingerprint density at radius 2 is 2.38 bits per heavy atom. The highest BCUT2D eigenvalue weighted by atomic mass is 19.1. The summed E-state index contributed by atoms with van der Waals surface area (Å²) < 4.78 is 19.5. The fourth-order valence-corrected chi connectivity index (χ4v) is 3.09. The molecule has 1 aromatic heterocycles. The van der Waals surface area contributed by atoms with Gasteiger partial charge in [0.25, 0.3) is 0 Å². The molecule has 2 heterocycles. The predicted molar refractivity (Wildman–Crippen MR) is 89.1 cm³/mol. The van der Waals surface area contributed by atoms with Gasteiger partial charge >= 0.3 is 5.97 Å². The molecule has 24 heavy (non-hydrogen) atoms. The monoisotopic (exact) mass is 334 g/mol. The van der Waals surface area contributed by atoms with Gasteiger partial charge in [-0.1, -0.05) is 5.92 Å². The van der Waals surface area contributed by atoms with Gasteiger partial charge in [0.15, 0.2) is 5.82 Å². The Balaban J connectivity index is 2.14. The topological polar surface area (TPSA) is 62.7 Å². The van der Waals surface area contributed by atoms with Crippen LogP contribution in [-0.4, -0.2) is 42.4 Å². The van der Waals surface area contributed by atoms with Crippen molar-refractivity contribution in [1.82, 2.24) is 4.98 Å². The summed E-state index contributed by atoms with van der Waals surface area (Å²) in [4.78, 5) is 17.9. The summed E-state index contributed by atoms with van der Waals surface area (Å²) in [5, 5.41) is 8.72. The molecule has 0 aromatic carbocycles. The van der Waals surface area contributed by atoms with Crippen LogP contribution in [0.4, 0.5) is 10.1 Å². The highest BCUT2D eigenvalue weighted by Crippen LogP contribution is 2.29. The molecule has 1 unspecified atom stereocenters. The number of hydrogen-bond donors (Lipinski definition) is 1. The first-order valence-electron chi connectivity index (χ1n) is 8.22. The van der Waals surface area contributed by atoms with Crippen LogP contribution in [0, 0.1) is 30.5 Å². The zero-order valence-electron chi connectivity index (χ0n) is 14.1. The highest BCUT2D eigenvalue weighted by Gasteiger charge is 2.26. The third-order valence-electron chi connectivity index (χ3n) is 4.01. The van der Waals surface area contributed by atoms with Crippen LogP contribution in [0.5, 0.6) is 0 Å². The van der Waals surface area contributed by atoms with Crippen molar-refractivity contribution in [3.05, 3.63) is 23.3 Å². The zero-order chi connectivity index (χ0) is 17.5. The minimum Gasteiger partial charge on any atom is -0.466 e. The number of aryl methyl sites for hydroxylation is 1. The van der Waals surface area contributed by atoms with E-state index in [0.717, 1.165) is 19.4 Å². The minimum atomic E-state index is -0.374. The van der Waals surface area contributed by atoms with E-state index in [4.69, 9.17) is 9.84 Å². The van der Waals surface area contributed by atoms with Gasteiger partial charge in [-0.05, 0) is 38.5 Å². The average Bonchev–Trinajstić information content (AvgIpc) is 2.53. The van der Waals surface area contributed by atoms with Gasteiger partial charge in [-0.25, -0.2) is 9.37 Å². The molecule has 1 aromatic rings. The SMILES string of the molecule is CCOC(=O)CC1CCCN(c2c(F)cc(C#CCO)nc2C)C1. The lowest BCUT2D eigenvalue weighted by Gasteiger charge is -2.34. The fraction of sp³-hybridized carbons (Fsp3) is 0.556. The number of aliphatic hydroxyl groups is 1. The van der Waals surface area contributed by atoms with Gasteiger partial charge < -0.3 is 14.7 Å². The molecular weight excluding hydrogens is 311 g/mol. The number of halogens is 1. The van der Waals surface area contributed by atoms with Crippen molar-refractivity contribution >= 4 is 11.7 Å². The van der Waals surface area contributed by atoms with Crippen molar-refractivity contribution in [3.8, 4) is 11.8 Å². The molecule has 1 N–H and O–H groups in total. The number of ether oxygens (including phenoxy) is 1. The van der Waals surface area contributed by atoms with E-state index in [9.17, 15) is 9.18 Å². The number of nitrogens with zero attached hydrogens (tertiary/aromatic N) is 2. The number of esters is 1. The van der Waals surface area contributed by atoms with Crippen LogP contribution >= 0.6 is 0 Å². The maximum absolute atomic E-state index is 14.5. The van der Waals surface area contributed by atoms with Gasteiger partial charge in [0.1, 0.15) is 12.3 Å². The summed E-state index contributed by atoms with van der Waals surface area (Å²) in [5.74, 6) is 4.68. The molecule has 1 fully saturated rings. The van der Waals surface area contributed by atoms with E-state index in [1.807, 2.05) is 4.90 Å². The molecule has 0 bridgehead atoms. The number of piperidine rings is 1. The number of rotatable bonds is 4. The van der Waals surface area contributed by atoms with E-state index < -0.39 is 0 Å². The van der Waals surface area contributed by atoms with E-state index in [1.54, 1.807) is 13.8 Å². The largest absolute Gasteiger partial charge is 0.466 e. The summed E-state index contributed by atoms with van der Waals surface area (Å²) in [5.41, 5.74) is 1.34. The Labute approximate surface area is 141 Å². The Kier molecular flexibility index (Phi) is 6.56. The highest BCUT2D eigenvalue weighted by molar-refractivity contribution is 5.69. The molecule has 1 saturated heterocycles. The van der Waals surface area contributed by atoms with Gasteiger partial charge in [0, 0.05) is 19.2 Å². The molecule has 130 valence electrons. The quantitative estimate of drug-likeness (QED) is 0.674. The number of aromatic nitrogens is 1. The van der Waals surface area contributed by atoms with E-state index in [-0.39, 0.29) is 24.3 Å². The molecule has 0 amide bonds. The van der Waals surface area contributed by atoms with Crippen LogP contribution < -0.4 is 4.90 Å². The molecule has 0 aliphatic carbocycles. The molecule has 6 heteroatoms. The maximum atomic E-state index is 14.5. The first-order chi connectivity index (χ1) is 11.5. The number of aliphatic hydroxyl groups excluding tert-OH is 1.